The van der Waals surface area contributed by atoms with E-state index in [4.69, 9.17) is 4.74 Å². The van der Waals surface area contributed by atoms with Gasteiger partial charge in [-0.05, 0) is 48.0 Å². The largest absolute Gasteiger partial charge is 0.437 e. The minimum Gasteiger partial charge on any atom is -0.437 e. The molecule has 142 valence electrons. The lowest BCUT2D eigenvalue weighted by Gasteiger charge is -2.09. The van der Waals surface area contributed by atoms with Gasteiger partial charge in [-0.1, -0.05) is 46.3 Å². The van der Waals surface area contributed by atoms with Crippen LogP contribution in [0.25, 0.3) is 23.2 Å². The molecule has 0 bridgehead atoms. The number of nitrogens with zero attached hydrogens (tertiary/aromatic N) is 3. The van der Waals surface area contributed by atoms with Gasteiger partial charge in [-0.15, -0.1) is 0 Å². The number of hydrogen-bond donors (Lipinski definition) is 0. The summed E-state index contributed by atoms with van der Waals surface area (Å²) in [5.74, 6) is 0.982. The fraction of sp³-hybridized carbons (Fsp3) is 0. The summed E-state index contributed by atoms with van der Waals surface area (Å²) in [6, 6.07) is 21.3. The number of para-hydroxylation sites is 2. The Hall–Kier alpha value is -3.58. The van der Waals surface area contributed by atoms with Gasteiger partial charge in [0.25, 0.3) is 5.69 Å². The van der Waals surface area contributed by atoms with Crippen molar-refractivity contribution < 1.29 is 9.66 Å². The molecule has 0 aliphatic heterocycles. The third-order valence-corrected chi connectivity index (χ3v) is 4.64. The summed E-state index contributed by atoms with van der Waals surface area (Å²) in [5.41, 5.74) is 2.69. The van der Waals surface area contributed by atoms with Crippen molar-refractivity contribution in [2.24, 2.45) is 0 Å². The molecule has 0 N–H and O–H groups in total. The summed E-state index contributed by atoms with van der Waals surface area (Å²) in [7, 11) is 0. The normalized spacial score (nSPS) is 11.1. The number of non-ortho nitro benzene ring substituents is 1. The highest BCUT2D eigenvalue weighted by molar-refractivity contribution is 9.10. The van der Waals surface area contributed by atoms with E-state index in [-0.39, 0.29) is 5.69 Å². The molecule has 3 aromatic carbocycles. The van der Waals surface area contributed by atoms with Crippen LogP contribution in [0, 0.1) is 10.1 Å². The zero-order chi connectivity index (χ0) is 20.2. The van der Waals surface area contributed by atoms with Crippen molar-refractivity contribution >= 4 is 44.8 Å². The van der Waals surface area contributed by atoms with Crippen molar-refractivity contribution in [1.29, 1.82) is 0 Å². The van der Waals surface area contributed by atoms with E-state index < -0.39 is 4.92 Å². The highest BCUT2D eigenvalue weighted by Gasteiger charge is 2.10. The maximum absolute atomic E-state index is 11.0. The zero-order valence-corrected chi connectivity index (χ0v) is 16.6. The Kier molecular flexibility index (Phi) is 5.31. The first-order valence-electron chi connectivity index (χ1n) is 8.71. The van der Waals surface area contributed by atoms with E-state index in [0.29, 0.717) is 28.4 Å². The summed E-state index contributed by atoms with van der Waals surface area (Å²) in [6.45, 7) is 0. The number of rotatable bonds is 5. The average molecular weight is 448 g/mol. The SMILES string of the molecule is O=[N+]([O-])c1cccc(C=Cc2nc3ccccc3nc2Oc2ccc(Br)cc2)c1. The van der Waals surface area contributed by atoms with Crippen molar-refractivity contribution in [3.63, 3.8) is 0 Å². The van der Waals surface area contributed by atoms with Gasteiger partial charge < -0.3 is 4.74 Å². The molecular weight excluding hydrogens is 434 g/mol. The second kappa shape index (κ2) is 8.20. The van der Waals surface area contributed by atoms with Gasteiger partial charge in [0.2, 0.25) is 5.88 Å². The molecule has 0 amide bonds. The highest BCUT2D eigenvalue weighted by atomic mass is 79.9. The first-order chi connectivity index (χ1) is 14.1. The average Bonchev–Trinajstić information content (AvgIpc) is 2.74. The summed E-state index contributed by atoms with van der Waals surface area (Å²) < 4.78 is 6.91. The van der Waals surface area contributed by atoms with Crippen LogP contribution < -0.4 is 4.74 Å². The van der Waals surface area contributed by atoms with Crippen LogP contribution in [0.3, 0.4) is 0 Å². The first-order valence-corrected chi connectivity index (χ1v) is 9.50. The van der Waals surface area contributed by atoms with Crippen LogP contribution in [0.1, 0.15) is 11.3 Å². The molecule has 29 heavy (non-hydrogen) atoms. The number of fused-ring (bicyclic) bond motifs is 1. The number of benzene rings is 3. The van der Waals surface area contributed by atoms with Gasteiger partial charge in [-0.3, -0.25) is 10.1 Å². The van der Waals surface area contributed by atoms with Gasteiger partial charge in [0, 0.05) is 16.6 Å². The van der Waals surface area contributed by atoms with E-state index in [2.05, 4.69) is 25.9 Å². The van der Waals surface area contributed by atoms with E-state index in [0.717, 1.165) is 9.99 Å². The Balaban J connectivity index is 1.74. The second-order valence-corrected chi connectivity index (χ2v) is 7.06. The number of nitro groups is 1. The van der Waals surface area contributed by atoms with Crippen LogP contribution in [0.2, 0.25) is 0 Å². The van der Waals surface area contributed by atoms with E-state index in [1.54, 1.807) is 24.3 Å². The molecule has 1 aromatic heterocycles. The summed E-state index contributed by atoms with van der Waals surface area (Å²) >= 11 is 3.40. The Labute approximate surface area is 174 Å². The molecule has 0 spiro atoms. The molecule has 0 saturated heterocycles. The molecule has 0 fully saturated rings. The van der Waals surface area contributed by atoms with Crippen LogP contribution in [-0.4, -0.2) is 14.9 Å². The molecule has 1 heterocycles. The fourth-order valence-corrected chi connectivity index (χ4v) is 2.98. The minimum atomic E-state index is -0.421. The van der Waals surface area contributed by atoms with Crippen molar-refractivity contribution in [3.8, 4) is 11.6 Å². The van der Waals surface area contributed by atoms with Crippen molar-refractivity contribution in [1.82, 2.24) is 9.97 Å². The Morgan fingerprint density at radius 3 is 2.34 bits per heavy atom. The first kappa shape index (κ1) is 18.8. The zero-order valence-electron chi connectivity index (χ0n) is 15.0. The fourth-order valence-electron chi connectivity index (χ4n) is 2.71. The lowest BCUT2D eigenvalue weighted by atomic mass is 10.2. The van der Waals surface area contributed by atoms with E-state index in [1.165, 1.54) is 12.1 Å². The lowest BCUT2D eigenvalue weighted by molar-refractivity contribution is -0.384. The summed E-state index contributed by atoms with van der Waals surface area (Å²) in [5, 5.41) is 11.0. The molecule has 0 radical (unpaired) electrons. The Morgan fingerprint density at radius 1 is 0.897 bits per heavy atom. The third-order valence-electron chi connectivity index (χ3n) is 4.11. The summed E-state index contributed by atoms with van der Waals surface area (Å²) in [6.07, 6.45) is 3.49. The van der Waals surface area contributed by atoms with Crippen LogP contribution in [0.4, 0.5) is 5.69 Å². The van der Waals surface area contributed by atoms with Gasteiger partial charge in [0.1, 0.15) is 11.4 Å². The van der Waals surface area contributed by atoms with Gasteiger partial charge in [-0.25, -0.2) is 9.97 Å². The smallest absolute Gasteiger partial charge is 0.270 e. The van der Waals surface area contributed by atoms with Gasteiger partial charge in [0.05, 0.1) is 16.0 Å². The molecular formula is C22H14BrN3O3. The van der Waals surface area contributed by atoms with Crippen molar-refractivity contribution in [2.45, 2.75) is 0 Å². The Morgan fingerprint density at radius 2 is 1.62 bits per heavy atom. The van der Waals surface area contributed by atoms with Gasteiger partial charge in [0.15, 0.2) is 0 Å². The topological polar surface area (TPSA) is 78.2 Å². The van der Waals surface area contributed by atoms with Crippen LogP contribution >= 0.6 is 15.9 Å². The quantitative estimate of drug-likeness (QED) is 0.266. The summed E-state index contributed by atoms with van der Waals surface area (Å²) in [4.78, 5) is 19.8. The second-order valence-electron chi connectivity index (χ2n) is 6.14. The molecule has 0 aliphatic rings. The highest BCUT2D eigenvalue weighted by Crippen LogP contribution is 2.27. The standard InChI is InChI=1S/C22H14BrN3O3/c23-16-9-11-18(12-10-16)29-22-21(24-19-6-1-2-7-20(19)25-22)13-8-15-4-3-5-17(14-15)26(27)28/h1-14H. The van der Waals surface area contributed by atoms with Crippen LogP contribution in [0.15, 0.2) is 77.3 Å². The van der Waals surface area contributed by atoms with Gasteiger partial charge >= 0.3 is 0 Å². The maximum Gasteiger partial charge on any atom is 0.270 e. The molecule has 0 atom stereocenters. The third kappa shape index (κ3) is 4.47. The van der Waals surface area contributed by atoms with Crippen molar-refractivity contribution in [3.05, 3.63) is 98.6 Å². The Bertz CT molecular complexity index is 1220. The van der Waals surface area contributed by atoms with E-state index in [1.807, 2.05) is 48.5 Å². The molecule has 0 aliphatic carbocycles. The van der Waals surface area contributed by atoms with Crippen LogP contribution in [-0.2, 0) is 0 Å². The molecule has 7 heteroatoms. The molecule has 0 unspecified atom stereocenters. The molecule has 0 saturated carbocycles. The lowest BCUT2D eigenvalue weighted by Crippen LogP contribution is -1.96. The van der Waals surface area contributed by atoms with Crippen LogP contribution in [0.5, 0.6) is 11.6 Å². The minimum absolute atomic E-state index is 0.0306. The van der Waals surface area contributed by atoms with Crippen molar-refractivity contribution in [2.75, 3.05) is 0 Å². The van der Waals surface area contributed by atoms with Gasteiger partial charge in [-0.2, -0.15) is 0 Å². The predicted octanol–water partition coefficient (Wildman–Crippen LogP) is 6.26. The monoisotopic (exact) mass is 447 g/mol. The number of nitro benzene ring substituents is 1. The van der Waals surface area contributed by atoms with E-state index in [9.17, 15) is 10.1 Å². The number of ether oxygens (including phenoxy) is 1. The molecule has 6 nitrogen and oxygen atoms in total. The molecule has 4 rings (SSSR count). The predicted molar refractivity (Wildman–Crippen MR) is 116 cm³/mol. The number of aromatic nitrogens is 2. The number of hydrogen-bond acceptors (Lipinski definition) is 5. The van der Waals surface area contributed by atoms with E-state index >= 15 is 0 Å². The maximum atomic E-state index is 11.0. The molecule has 4 aromatic rings. The number of halogens is 1.